The van der Waals surface area contributed by atoms with E-state index < -0.39 is 11.8 Å². The molecule has 0 aliphatic heterocycles. The molecule has 3 N–H and O–H groups in total. The summed E-state index contributed by atoms with van der Waals surface area (Å²) >= 11 is 0. The Morgan fingerprint density at radius 3 is 2.43 bits per heavy atom. The molecule has 2 aromatic rings. The highest BCUT2D eigenvalue weighted by Gasteiger charge is 2.14. The number of carbonyl (C=O) groups excluding carboxylic acids is 2. The van der Waals surface area contributed by atoms with Gasteiger partial charge in [0.2, 0.25) is 0 Å². The Bertz CT molecular complexity index is 827. The van der Waals surface area contributed by atoms with Crippen LogP contribution in [0.15, 0.2) is 42.5 Å². The molecule has 0 atom stereocenters. The number of hydrogen-bond acceptors (Lipinski definition) is 4. The van der Waals surface area contributed by atoms with E-state index in [1.54, 1.807) is 31.4 Å². The van der Waals surface area contributed by atoms with Gasteiger partial charge in [-0.2, -0.15) is 0 Å². The van der Waals surface area contributed by atoms with Gasteiger partial charge in [-0.25, -0.2) is 9.18 Å². The maximum Gasteiger partial charge on any atom is 0.323 e. The van der Waals surface area contributed by atoms with Gasteiger partial charge in [-0.1, -0.05) is 6.07 Å². The molecule has 0 bridgehead atoms. The van der Waals surface area contributed by atoms with Crippen LogP contribution in [0.5, 0.6) is 0 Å². The largest absolute Gasteiger partial charge is 0.385 e. The van der Waals surface area contributed by atoms with Crippen LogP contribution in [0.25, 0.3) is 0 Å². The number of nitrogens with one attached hydrogen (secondary N) is 3. The lowest BCUT2D eigenvalue weighted by Crippen LogP contribution is -2.27. The number of nitrogens with zero attached hydrogens (tertiary/aromatic N) is 1. The van der Waals surface area contributed by atoms with Gasteiger partial charge in [0.15, 0.2) is 0 Å². The third-order valence-electron chi connectivity index (χ3n) is 3.87. The summed E-state index contributed by atoms with van der Waals surface area (Å²) < 4.78 is 18.2. The number of halogens is 1. The van der Waals surface area contributed by atoms with Crippen molar-refractivity contribution in [2.75, 3.05) is 49.9 Å². The third kappa shape index (κ3) is 6.24. The Kier molecular flexibility index (Phi) is 7.76. The number of rotatable bonds is 8. The molecule has 0 saturated heterocycles. The number of carbonyl (C=O) groups is 2. The standard InChI is InChI=1S/C20H25FN4O3/c1-25(2)18-9-8-16(13-17(18)19(26)22-10-5-11-28-3)24-20(27)23-15-7-4-6-14(21)12-15/h4,6-9,12-13H,5,10-11H2,1-3H3,(H,22,26)(H2,23,24,27). The fraction of sp³-hybridized carbons (Fsp3) is 0.300. The second-order valence-corrected chi connectivity index (χ2v) is 6.32. The first-order chi connectivity index (χ1) is 13.4. The summed E-state index contributed by atoms with van der Waals surface area (Å²) in [7, 11) is 5.28. The van der Waals surface area contributed by atoms with Gasteiger partial charge in [0.1, 0.15) is 5.82 Å². The summed E-state index contributed by atoms with van der Waals surface area (Å²) in [6.07, 6.45) is 0.702. The number of methoxy groups -OCH3 is 1. The highest BCUT2D eigenvalue weighted by molar-refractivity contribution is 6.03. The van der Waals surface area contributed by atoms with Crippen LogP contribution in [-0.2, 0) is 4.74 Å². The van der Waals surface area contributed by atoms with Crippen molar-refractivity contribution in [2.45, 2.75) is 6.42 Å². The molecule has 0 unspecified atom stereocenters. The minimum absolute atomic E-state index is 0.242. The normalized spacial score (nSPS) is 10.3. The fourth-order valence-corrected chi connectivity index (χ4v) is 2.56. The molecule has 0 fully saturated rings. The molecule has 2 aromatic carbocycles. The van der Waals surface area contributed by atoms with Gasteiger partial charge in [0, 0.05) is 51.4 Å². The van der Waals surface area contributed by atoms with Crippen LogP contribution in [-0.4, -0.2) is 46.3 Å². The van der Waals surface area contributed by atoms with Gasteiger partial charge < -0.3 is 25.6 Å². The number of amides is 3. The van der Waals surface area contributed by atoms with Crippen LogP contribution in [0.1, 0.15) is 16.8 Å². The van der Waals surface area contributed by atoms with Crippen LogP contribution in [0.3, 0.4) is 0 Å². The Balaban J connectivity index is 2.10. The Labute approximate surface area is 163 Å². The molecule has 7 nitrogen and oxygen atoms in total. The molecule has 0 spiro atoms. The lowest BCUT2D eigenvalue weighted by Gasteiger charge is -2.18. The molecule has 0 aliphatic rings. The summed E-state index contributed by atoms with van der Waals surface area (Å²) in [6, 6.07) is 10.1. The zero-order valence-corrected chi connectivity index (χ0v) is 16.2. The van der Waals surface area contributed by atoms with Gasteiger partial charge in [0.05, 0.1) is 5.56 Å². The van der Waals surface area contributed by atoms with Crippen molar-refractivity contribution in [1.29, 1.82) is 0 Å². The molecule has 8 heteroatoms. The van der Waals surface area contributed by atoms with Crippen molar-refractivity contribution in [1.82, 2.24) is 5.32 Å². The molecule has 150 valence electrons. The van der Waals surface area contributed by atoms with Crippen molar-refractivity contribution < 1.29 is 18.7 Å². The van der Waals surface area contributed by atoms with E-state index in [2.05, 4.69) is 16.0 Å². The van der Waals surface area contributed by atoms with E-state index in [-0.39, 0.29) is 5.91 Å². The van der Waals surface area contributed by atoms with Crippen molar-refractivity contribution in [2.24, 2.45) is 0 Å². The number of ether oxygens (including phenoxy) is 1. The molecule has 0 aliphatic carbocycles. The predicted octanol–water partition coefficient (Wildman–Crippen LogP) is 3.30. The molecule has 2 rings (SSSR count). The zero-order valence-electron chi connectivity index (χ0n) is 16.2. The average Bonchev–Trinajstić information content (AvgIpc) is 2.64. The van der Waals surface area contributed by atoms with Gasteiger partial charge in [0.25, 0.3) is 5.91 Å². The van der Waals surface area contributed by atoms with Gasteiger partial charge in [-0.15, -0.1) is 0 Å². The Morgan fingerprint density at radius 2 is 1.79 bits per heavy atom. The van der Waals surface area contributed by atoms with Crippen LogP contribution in [0.2, 0.25) is 0 Å². The molecule has 3 amide bonds. The Morgan fingerprint density at radius 1 is 1.07 bits per heavy atom. The summed E-state index contributed by atoms with van der Waals surface area (Å²) in [5.41, 5.74) is 1.94. The van der Waals surface area contributed by atoms with Crippen molar-refractivity contribution in [3.63, 3.8) is 0 Å². The average molecular weight is 388 g/mol. The maximum atomic E-state index is 13.2. The quantitative estimate of drug-likeness (QED) is 0.606. The molecule has 0 radical (unpaired) electrons. The van der Waals surface area contributed by atoms with E-state index in [4.69, 9.17) is 4.74 Å². The van der Waals surface area contributed by atoms with Crippen LogP contribution in [0.4, 0.5) is 26.2 Å². The van der Waals surface area contributed by atoms with E-state index in [0.29, 0.717) is 36.5 Å². The summed E-state index contributed by atoms with van der Waals surface area (Å²) in [5, 5.41) is 8.05. The minimum Gasteiger partial charge on any atom is -0.385 e. The van der Waals surface area contributed by atoms with Crippen LogP contribution >= 0.6 is 0 Å². The van der Waals surface area contributed by atoms with Gasteiger partial charge in [-0.05, 0) is 42.8 Å². The first-order valence-corrected chi connectivity index (χ1v) is 8.83. The molecule has 28 heavy (non-hydrogen) atoms. The highest BCUT2D eigenvalue weighted by Crippen LogP contribution is 2.23. The maximum absolute atomic E-state index is 13.2. The summed E-state index contributed by atoms with van der Waals surface area (Å²) in [6.45, 7) is 1.04. The molecule has 0 heterocycles. The highest BCUT2D eigenvalue weighted by atomic mass is 19.1. The first-order valence-electron chi connectivity index (χ1n) is 8.83. The van der Waals surface area contributed by atoms with Gasteiger partial charge in [-0.3, -0.25) is 4.79 Å². The van der Waals surface area contributed by atoms with E-state index in [1.807, 2.05) is 19.0 Å². The monoisotopic (exact) mass is 388 g/mol. The Hall–Kier alpha value is -3.13. The summed E-state index contributed by atoms with van der Waals surface area (Å²) in [4.78, 5) is 26.5. The lowest BCUT2D eigenvalue weighted by molar-refractivity contribution is 0.0949. The second-order valence-electron chi connectivity index (χ2n) is 6.32. The fourth-order valence-electron chi connectivity index (χ4n) is 2.56. The molecular formula is C20H25FN4O3. The number of benzene rings is 2. The van der Waals surface area contributed by atoms with E-state index in [1.165, 1.54) is 18.2 Å². The molecule has 0 saturated carbocycles. The lowest BCUT2D eigenvalue weighted by atomic mass is 10.1. The number of anilines is 3. The first kappa shape index (κ1) is 21.2. The topological polar surface area (TPSA) is 82.7 Å². The minimum atomic E-state index is -0.533. The summed E-state index contributed by atoms with van der Waals surface area (Å²) in [5.74, 6) is -0.686. The van der Waals surface area contributed by atoms with E-state index in [9.17, 15) is 14.0 Å². The van der Waals surface area contributed by atoms with Crippen molar-refractivity contribution >= 4 is 29.0 Å². The smallest absolute Gasteiger partial charge is 0.323 e. The zero-order chi connectivity index (χ0) is 20.5. The van der Waals surface area contributed by atoms with Crippen molar-refractivity contribution in [3.05, 3.63) is 53.8 Å². The molecule has 0 aromatic heterocycles. The SMILES string of the molecule is COCCCNC(=O)c1cc(NC(=O)Nc2cccc(F)c2)ccc1N(C)C. The number of hydrogen-bond donors (Lipinski definition) is 3. The van der Waals surface area contributed by atoms with E-state index >= 15 is 0 Å². The van der Waals surface area contributed by atoms with Crippen LogP contribution in [0, 0.1) is 5.82 Å². The van der Waals surface area contributed by atoms with Crippen LogP contribution < -0.4 is 20.9 Å². The number of urea groups is 1. The third-order valence-corrected chi connectivity index (χ3v) is 3.87. The molecular weight excluding hydrogens is 363 g/mol. The van der Waals surface area contributed by atoms with Gasteiger partial charge >= 0.3 is 6.03 Å². The van der Waals surface area contributed by atoms with Crippen molar-refractivity contribution in [3.8, 4) is 0 Å². The predicted molar refractivity (Wildman–Crippen MR) is 109 cm³/mol. The second kappa shape index (κ2) is 10.3. The van der Waals surface area contributed by atoms with E-state index in [0.717, 1.165) is 5.69 Å².